The molecule has 2 aromatic rings. The molecule has 0 spiro atoms. The van der Waals surface area contributed by atoms with Gasteiger partial charge < -0.3 is 0 Å². The van der Waals surface area contributed by atoms with E-state index in [1.165, 1.54) is 0 Å². The van der Waals surface area contributed by atoms with Crippen LogP contribution in [-0.4, -0.2) is 11.8 Å². The maximum atomic E-state index is 12.1. The van der Waals surface area contributed by atoms with E-state index < -0.39 is 11.8 Å². The number of hydrogen-bond acceptors (Lipinski definition) is 4. The quantitative estimate of drug-likeness (QED) is 0.416. The Kier molecular flexibility index (Phi) is 7.87. The van der Waals surface area contributed by atoms with E-state index in [9.17, 15) is 9.59 Å². The fraction of sp³-hybridized carbons (Fsp3) is 0.364. The number of hydrazine groups is 2. The van der Waals surface area contributed by atoms with E-state index in [0.717, 1.165) is 59.3 Å². The Morgan fingerprint density at radius 2 is 1.04 bits per heavy atom. The summed E-state index contributed by atoms with van der Waals surface area (Å²) in [6, 6.07) is 12.2. The number of carbonyl (C=O) groups excluding carboxylic acids is 2. The average Bonchev–Trinajstić information content (AvgIpc) is 2.74. The van der Waals surface area contributed by atoms with Gasteiger partial charge in [0.1, 0.15) is 0 Å². The van der Waals surface area contributed by atoms with Gasteiger partial charge in [-0.15, -0.1) is 0 Å². The molecule has 0 unspecified atom stereocenters. The minimum atomic E-state index is -0.763. The molecule has 0 fully saturated rings. The lowest BCUT2D eigenvalue weighted by Gasteiger charge is -2.15. The van der Waals surface area contributed by atoms with E-state index in [0.29, 0.717) is 0 Å². The molecule has 0 aliphatic rings. The number of carbonyl (C=O) groups is 2. The number of anilines is 2. The Morgan fingerprint density at radius 3 is 1.36 bits per heavy atom. The molecule has 6 nitrogen and oxygen atoms in total. The molecule has 0 saturated heterocycles. The molecule has 0 aromatic heterocycles. The molecule has 2 aromatic carbocycles. The second-order valence-corrected chi connectivity index (χ2v) is 6.56. The van der Waals surface area contributed by atoms with E-state index >= 15 is 0 Å². The first-order chi connectivity index (χ1) is 13.5. The zero-order valence-corrected chi connectivity index (χ0v) is 17.1. The summed E-state index contributed by atoms with van der Waals surface area (Å²) in [6.45, 7) is 8.22. The first-order valence-electron chi connectivity index (χ1n) is 9.88. The molecule has 0 bridgehead atoms. The molecule has 0 aliphatic carbocycles. The summed E-state index contributed by atoms with van der Waals surface area (Å²) >= 11 is 0. The van der Waals surface area contributed by atoms with Gasteiger partial charge in [0.05, 0.1) is 11.4 Å². The molecule has 28 heavy (non-hydrogen) atoms. The van der Waals surface area contributed by atoms with Crippen LogP contribution in [0.5, 0.6) is 0 Å². The first kappa shape index (κ1) is 21.3. The van der Waals surface area contributed by atoms with Crippen molar-refractivity contribution in [3.05, 3.63) is 58.7 Å². The lowest BCUT2D eigenvalue weighted by atomic mass is 10.1. The van der Waals surface area contributed by atoms with E-state index in [1.54, 1.807) is 0 Å². The summed E-state index contributed by atoms with van der Waals surface area (Å²) in [5.74, 6) is -1.53. The van der Waals surface area contributed by atoms with Crippen molar-refractivity contribution in [3.8, 4) is 0 Å². The molecular weight excluding hydrogens is 352 g/mol. The highest BCUT2D eigenvalue weighted by Gasteiger charge is 2.14. The van der Waals surface area contributed by atoms with E-state index in [4.69, 9.17) is 0 Å². The summed E-state index contributed by atoms with van der Waals surface area (Å²) in [4.78, 5) is 24.3. The zero-order valence-electron chi connectivity index (χ0n) is 17.1. The van der Waals surface area contributed by atoms with Crippen LogP contribution in [0.1, 0.15) is 49.9 Å². The van der Waals surface area contributed by atoms with Crippen LogP contribution in [0.15, 0.2) is 36.4 Å². The van der Waals surface area contributed by atoms with Crippen LogP contribution < -0.4 is 21.7 Å². The van der Waals surface area contributed by atoms with Gasteiger partial charge in [-0.3, -0.25) is 31.3 Å². The second-order valence-electron chi connectivity index (χ2n) is 6.56. The highest BCUT2D eigenvalue weighted by Crippen LogP contribution is 2.19. The van der Waals surface area contributed by atoms with Crippen molar-refractivity contribution in [2.75, 3.05) is 10.9 Å². The van der Waals surface area contributed by atoms with Gasteiger partial charge in [0.2, 0.25) is 0 Å². The van der Waals surface area contributed by atoms with Gasteiger partial charge in [0, 0.05) is 0 Å². The van der Waals surface area contributed by atoms with Gasteiger partial charge in [-0.2, -0.15) is 0 Å². The number of hydrogen-bond donors (Lipinski definition) is 4. The highest BCUT2D eigenvalue weighted by molar-refractivity contribution is 6.35. The predicted molar refractivity (Wildman–Crippen MR) is 114 cm³/mol. The SMILES string of the molecule is CCc1ccc(CC)c(NNC(=O)C(=O)NNc2cc(CC)ccc2CC)c1. The van der Waals surface area contributed by atoms with E-state index in [1.807, 2.05) is 38.1 Å². The third-order valence-electron chi connectivity index (χ3n) is 4.75. The molecule has 6 heteroatoms. The van der Waals surface area contributed by atoms with Crippen molar-refractivity contribution >= 4 is 23.2 Å². The minimum Gasteiger partial charge on any atom is -0.298 e. The van der Waals surface area contributed by atoms with Gasteiger partial charge in [-0.25, -0.2) is 0 Å². The smallest absolute Gasteiger partial charge is 0.298 e. The van der Waals surface area contributed by atoms with Gasteiger partial charge >= 0.3 is 11.8 Å². The highest BCUT2D eigenvalue weighted by atomic mass is 16.2. The summed E-state index contributed by atoms with van der Waals surface area (Å²) in [5.41, 5.74) is 16.7. The number of rotatable bonds is 8. The van der Waals surface area contributed by atoms with Crippen LogP contribution in [0.4, 0.5) is 11.4 Å². The van der Waals surface area contributed by atoms with Gasteiger partial charge in [0.25, 0.3) is 0 Å². The number of benzene rings is 2. The van der Waals surface area contributed by atoms with Crippen LogP contribution in [0.2, 0.25) is 0 Å². The zero-order chi connectivity index (χ0) is 20.5. The third-order valence-corrected chi connectivity index (χ3v) is 4.75. The maximum Gasteiger partial charge on any atom is 0.329 e. The van der Waals surface area contributed by atoms with Crippen molar-refractivity contribution < 1.29 is 9.59 Å². The standard InChI is InChI=1S/C22H30N4O2/c1-5-15-9-11-17(7-3)19(13-15)23-25-21(27)22(28)26-24-20-14-16(6-2)10-12-18(20)8-4/h9-14,23-24H,5-8H2,1-4H3,(H,25,27)(H,26,28). The Balaban J connectivity index is 1.96. The van der Waals surface area contributed by atoms with Crippen molar-refractivity contribution in [3.63, 3.8) is 0 Å². The topological polar surface area (TPSA) is 82.3 Å². The van der Waals surface area contributed by atoms with E-state index in [2.05, 4.69) is 47.7 Å². The van der Waals surface area contributed by atoms with Gasteiger partial charge in [-0.1, -0.05) is 52.0 Å². The Labute approximate surface area is 167 Å². The number of nitrogens with one attached hydrogen (secondary N) is 4. The molecule has 0 heterocycles. The number of amides is 2. The van der Waals surface area contributed by atoms with Crippen molar-refractivity contribution in [1.29, 1.82) is 0 Å². The number of aryl methyl sites for hydroxylation is 4. The van der Waals surface area contributed by atoms with Crippen LogP contribution in [-0.2, 0) is 35.3 Å². The van der Waals surface area contributed by atoms with Crippen molar-refractivity contribution in [2.45, 2.75) is 53.4 Å². The molecule has 4 N–H and O–H groups in total. The van der Waals surface area contributed by atoms with Crippen LogP contribution in [0, 0.1) is 0 Å². The summed E-state index contributed by atoms with van der Waals surface area (Å²) in [5, 5.41) is 0. The monoisotopic (exact) mass is 382 g/mol. The molecule has 0 radical (unpaired) electrons. The molecule has 2 amide bonds. The summed E-state index contributed by atoms with van der Waals surface area (Å²) in [6.07, 6.45) is 3.44. The maximum absolute atomic E-state index is 12.1. The molecular formula is C22H30N4O2. The first-order valence-corrected chi connectivity index (χ1v) is 9.88. The third kappa shape index (κ3) is 5.49. The Hall–Kier alpha value is -3.02. The summed E-state index contributed by atoms with van der Waals surface area (Å²) in [7, 11) is 0. The van der Waals surface area contributed by atoms with Crippen LogP contribution in [0.3, 0.4) is 0 Å². The largest absolute Gasteiger partial charge is 0.329 e. The van der Waals surface area contributed by atoms with Crippen LogP contribution >= 0.6 is 0 Å². The van der Waals surface area contributed by atoms with Crippen molar-refractivity contribution in [2.24, 2.45) is 0 Å². The predicted octanol–water partition coefficient (Wildman–Crippen LogP) is 3.52. The Bertz CT molecular complexity index is 764. The van der Waals surface area contributed by atoms with Crippen LogP contribution in [0.25, 0.3) is 0 Å². The second kappa shape index (κ2) is 10.3. The van der Waals surface area contributed by atoms with Crippen molar-refractivity contribution in [1.82, 2.24) is 10.9 Å². The van der Waals surface area contributed by atoms with E-state index in [-0.39, 0.29) is 0 Å². The average molecular weight is 383 g/mol. The minimum absolute atomic E-state index is 0.763. The van der Waals surface area contributed by atoms with Gasteiger partial charge in [-0.05, 0) is 60.1 Å². The summed E-state index contributed by atoms with van der Waals surface area (Å²) < 4.78 is 0. The lowest BCUT2D eigenvalue weighted by molar-refractivity contribution is -0.138. The molecule has 0 aliphatic heterocycles. The van der Waals surface area contributed by atoms with Gasteiger partial charge in [0.15, 0.2) is 0 Å². The molecule has 150 valence electrons. The normalized spacial score (nSPS) is 10.3. The molecule has 2 rings (SSSR count). The molecule has 0 saturated carbocycles. The molecule has 0 atom stereocenters. The fourth-order valence-electron chi connectivity index (χ4n) is 2.90. The Morgan fingerprint density at radius 1 is 0.643 bits per heavy atom. The fourth-order valence-corrected chi connectivity index (χ4v) is 2.90. The lowest BCUT2D eigenvalue weighted by Crippen LogP contribution is -2.44.